The van der Waals surface area contributed by atoms with E-state index in [2.05, 4.69) is 33.3 Å². The zero-order chi connectivity index (χ0) is 13.2. The molecule has 4 nitrogen and oxygen atoms in total. The molecule has 0 amide bonds. The number of nitrogens with one attached hydrogen (secondary N) is 1. The minimum Gasteiger partial charge on any atom is -0.363 e. The molecular weight excluding hydrogens is 300 g/mol. The van der Waals surface area contributed by atoms with E-state index in [0.717, 1.165) is 27.5 Å². The van der Waals surface area contributed by atoms with Crippen LogP contribution in [0.2, 0.25) is 5.28 Å². The second kappa shape index (κ2) is 5.40. The molecule has 0 atom stereocenters. The fourth-order valence-corrected chi connectivity index (χ4v) is 3.50. The number of rotatable bonds is 4. The van der Waals surface area contributed by atoms with Crippen molar-refractivity contribution in [1.82, 2.24) is 15.0 Å². The van der Waals surface area contributed by atoms with Crippen LogP contribution in [0.1, 0.15) is 16.8 Å². The van der Waals surface area contributed by atoms with Crippen LogP contribution in [0.3, 0.4) is 0 Å². The Balaban J connectivity index is 1.94. The maximum atomic E-state index is 5.97. The Morgan fingerprint density at radius 3 is 3.00 bits per heavy atom. The molecular formula is C12H11ClN4S2. The van der Waals surface area contributed by atoms with E-state index in [-0.39, 0.29) is 5.28 Å². The van der Waals surface area contributed by atoms with Crippen molar-refractivity contribution >= 4 is 50.3 Å². The summed E-state index contributed by atoms with van der Waals surface area (Å²) in [5.74, 6) is 0.779. The van der Waals surface area contributed by atoms with E-state index in [4.69, 9.17) is 11.6 Å². The molecule has 0 aliphatic heterocycles. The summed E-state index contributed by atoms with van der Waals surface area (Å²) in [6.07, 6.45) is 2.79. The highest BCUT2D eigenvalue weighted by Crippen LogP contribution is 2.30. The van der Waals surface area contributed by atoms with E-state index >= 15 is 0 Å². The lowest BCUT2D eigenvalue weighted by Crippen LogP contribution is -2.02. The van der Waals surface area contributed by atoms with Crippen molar-refractivity contribution in [2.24, 2.45) is 0 Å². The van der Waals surface area contributed by atoms with Gasteiger partial charge in [-0.25, -0.2) is 15.0 Å². The van der Waals surface area contributed by atoms with Crippen molar-refractivity contribution in [3.63, 3.8) is 0 Å². The van der Waals surface area contributed by atoms with Gasteiger partial charge in [0.05, 0.1) is 11.9 Å². The van der Waals surface area contributed by atoms with Crippen LogP contribution in [0.5, 0.6) is 0 Å². The molecule has 0 fully saturated rings. The number of halogens is 1. The van der Waals surface area contributed by atoms with Crippen molar-refractivity contribution in [3.05, 3.63) is 32.8 Å². The van der Waals surface area contributed by atoms with Gasteiger partial charge in [0.15, 0.2) is 0 Å². The first-order chi connectivity index (χ1) is 9.26. The lowest BCUT2D eigenvalue weighted by Gasteiger charge is -2.04. The average molecular weight is 311 g/mol. The fraction of sp³-hybridized carbons (Fsp3) is 0.250. The number of aromatic nitrogens is 3. The van der Waals surface area contributed by atoms with Gasteiger partial charge in [0.25, 0.3) is 0 Å². The van der Waals surface area contributed by atoms with Crippen molar-refractivity contribution in [2.75, 3.05) is 5.32 Å². The van der Waals surface area contributed by atoms with Crippen LogP contribution in [0.25, 0.3) is 10.2 Å². The molecule has 3 rings (SSSR count). The normalized spacial score (nSPS) is 11.1. The molecule has 98 valence electrons. The standard InChI is InChI=1S/C12H11ClN4S2/c1-2-7-5-8-10(15-6-9-14-3-4-18-9)16-12(13)17-11(8)19-7/h3-5H,2,6H2,1H3,(H,15,16,17). The molecule has 0 saturated heterocycles. The summed E-state index contributed by atoms with van der Waals surface area (Å²) >= 11 is 9.24. The van der Waals surface area contributed by atoms with Crippen molar-refractivity contribution < 1.29 is 0 Å². The Morgan fingerprint density at radius 2 is 2.26 bits per heavy atom. The van der Waals surface area contributed by atoms with Gasteiger partial charge in [-0.1, -0.05) is 6.92 Å². The minimum absolute atomic E-state index is 0.277. The van der Waals surface area contributed by atoms with Crippen LogP contribution in [0.4, 0.5) is 5.82 Å². The van der Waals surface area contributed by atoms with Gasteiger partial charge >= 0.3 is 0 Å². The molecule has 7 heteroatoms. The summed E-state index contributed by atoms with van der Waals surface area (Å²) in [5.41, 5.74) is 0. The zero-order valence-corrected chi connectivity index (χ0v) is 12.6. The summed E-state index contributed by atoms with van der Waals surface area (Å²) < 4.78 is 0. The summed E-state index contributed by atoms with van der Waals surface area (Å²) in [7, 11) is 0. The number of hydrogen-bond donors (Lipinski definition) is 1. The Hall–Kier alpha value is -1.24. The van der Waals surface area contributed by atoms with E-state index in [9.17, 15) is 0 Å². The Labute approximate surface area is 123 Å². The molecule has 3 heterocycles. The van der Waals surface area contributed by atoms with Gasteiger partial charge < -0.3 is 5.32 Å². The van der Waals surface area contributed by atoms with Gasteiger partial charge in [0.2, 0.25) is 5.28 Å². The first kappa shape index (κ1) is 12.8. The van der Waals surface area contributed by atoms with Gasteiger partial charge in [-0.15, -0.1) is 22.7 Å². The fourth-order valence-electron chi connectivity index (χ4n) is 1.75. The summed E-state index contributed by atoms with van der Waals surface area (Å²) in [5, 5.41) is 7.57. The minimum atomic E-state index is 0.277. The second-order valence-corrected chi connectivity index (χ2v) is 6.34. The largest absolute Gasteiger partial charge is 0.363 e. The van der Waals surface area contributed by atoms with E-state index in [1.165, 1.54) is 4.88 Å². The van der Waals surface area contributed by atoms with Crippen LogP contribution in [0.15, 0.2) is 17.6 Å². The molecule has 0 aromatic carbocycles. The molecule has 3 aromatic rings. The maximum Gasteiger partial charge on any atom is 0.225 e. The van der Waals surface area contributed by atoms with Gasteiger partial charge in [-0.2, -0.15) is 0 Å². The number of thiophene rings is 1. The molecule has 0 radical (unpaired) electrons. The number of fused-ring (bicyclic) bond motifs is 1. The third-order valence-corrected chi connectivity index (χ3v) is 4.78. The first-order valence-corrected chi connectivity index (χ1v) is 7.92. The molecule has 0 aliphatic carbocycles. The quantitative estimate of drug-likeness (QED) is 0.741. The van der Waals surface area contributed by atoms with E-state index in [1.54, 1.807) is 28.9 Å². The smallest absolute Gasteiger partial charge is 0.225 e. The number of aryl methyl sites for hydroxylation is 1. The van der Waals surface area contributed by atoms with Gasteiger partial charge in [-0.3, -0.25) is 0 Å². The zero-order valence-electron chi connectivity index (χ0n) is 10.2. The highest BCUT2D eigenvalue weighted by Gasteiger charge is 2.10. The van der Waals surface area contributed by atoms with Crippen LogP contribution >= 0.6 is 34.3 Å². The topological polar surface area (TPSA) is 50.7 Å². The van der Waals surface area contributed by atoms with Gasteiger partial charge in [0, 0.05) is 16.5 Å². The lowest BCUT2D eigenvalue weighted by atomic mass is 10.3. The Bertz CT molecular complexity index is 693. The first-order valence-electron chi connectivity index (χ1n) is 5.84. The number of nitrogens with zero attached hydrogens (tertiary/aromatic N) is 3. The SMILES string of the molecule is CCc1cc2c(NCc3nccs3)nc(Cl)nc2s1. The lowest BCUT2D eigenvalue weighted by molar-refractivity contribution is 1.08. The molecule has 0 spiro atoms. The molecule has 0 bridgehead atoms. The monoisotopic (exact) mass is 310 g/mol. The molecule has 0 unspecified atom stereocenters. The van der Waals surface area contributed by atoms with Gasteiger partial charge in [0.1, 0.15) is 15.7 Å². The van der Waals surface area contributed by atoms with Crippen molar-refractivity contribution in [3.8, 4) is 0 Å². The molecule has 0 aliphatic rings. The molecule has 3 aromatic heterocycles. The number of hydrogen-bond acceptors (Lipinski definition) is 6. The number of thiazole rings is 1. The van der Waals surface area contributed by atoms with Crippen molar-refractivity contribution in [2.45, 2.75) is 19.9 Å². The maximum absolute atomic E-state index is 5.97. The summed E-state index contributed by atoms with van der Waals surface area (Å²) in [6, 6.07) is 2.13. The predicted octanol–water partition coefficient (Wildman–Crippen LogP) is 3.98. The Morgan fingerprint density at radius 1 is 1.37 bits per heavy atom. The highest BCUT2D eigenvalue weighted by molar-refractivity contribution is 7.18. The second-order valence-electron chi connectivity index (χ2n) is 3.91. The van der Waals surface area contributed by atoms with Crippen LogP contribution in [-0.4, -0.2) is 15.0 Å². The third kappa shape index (κ3) is 2.70. The van der Waals surface area contributed by atoms with E-state index in [1.807, 2.05) is 5.38 Å². The Kier molecular flexibility index (Phi) is 3.63. The van der Waals surface area contributed by atoms with Crippen LogP contribution in [-0.2, 0) is 13.0 Å². The summed E-state index contributed by atoms with van der Waals surface area (Å²) in [6.45, 7) is 2.78. The summed E-state index contributed by atoms with van der Waals surface area (Å²) in [4.78, 5) is 15.0. The van der Waals surface area contributed by atoms with Crippen LogP contribution in [0, 0.1) is 0 Å². The molecule has 19 heavy (non-hydrogen) atoms. The average Bonchev–Trinajstić information content (AvgIpc) is 3.04. The van der Waals surface area contributed by atoms with Crippen molar-refractivity contribution in [1.29, 1.82) is 0 Å². The van der Waals surface area contributed by atoms with E-state index < -0.39 is 0 Å². The number of anilines is 1. The predicted molar refractivity (Wildman–Crippen MR) is 81.2 cm³/mol. The van der Waals surface area contributed by atoms with Crippen LogP contribution < -0.4 is 5.32 Å². The molecule has 0 saturated carbocycles. The highest BCUT2D eigenvalue weighted by atomic mass is 35.5. The third-order valence-electron chi connectivity index (χ3n) is 2.66. The molecule has 1 N–H and O–H groups in total. The van der Waals surface area contributed by atoms with Gasteiger partial charge in [-0.05, 0) is 24.1 Å². The van der Waals surface area contributed by atoms with E-state index in [0.29, 0.717) is 6.54 Å².